The minimum Gasteiger partial charge on any atom is -0.468 e. The minimum atomic E-state index is -0.256. The fourth-order valence-electron chi connectivity index (χ4n) is 2.39. The zero-order chi connectivity index (χ0) is 15.8. The molecular weight excluding hydrogens is 264 g/mol. The number of nitrogens with zero attached hydrogens (tertiary/aromatic N) is 1. The zero-order valence-electron chi connectivity index (χ0n) is 13.8. The molecule has 0 saturated heterocycles. The van der Waals surface area contributed by atoms with E-state index in [0.29, 0.717) is 0 Å². The molecule has 0 aliphatic rings. The molecule has 1 aromatic carbocycles. The van der Waals surface area contributed by atoms with Gasteiger partial charge in [0.15, 0.2) is 0 Å². The van der Waals surface area contributed by atoms with Crippen LogP contribution in [-0.2, 0) is 9.53 Å². The Morgan fingerprint density at radius 3 is 2.62 bits per heavy atom. The number of aryl methyl sites for hydroxylation is 1. The number of nitrogens with one attached hydrogen (secondary N) is 1. The summed E-state index contributed by atoms with van der Waals surface area (Å²) in [5.41, 5.74) is 2.45. The highest BCUT2D eigenvalue weighted by atomic mass is 16.5. The van der Waals surface area contributed by atoms with Gasteiger partial charge in [0.25, 0.3) is 0 Å². The molecule has 1 unspecified atom stereocenters. The molecule has 1 aromatic rings. The number of esters is 1. The highest BCUT2D eigenvalue weighted by Crippen LogP contribution is 2.16. The molecule has 0 saturated carbocycles. The molecule has 21 heavy (non-hydrogen) atoms. The van der Waals surface area contributed by atoms with Crippen molar-refractivity contribution in [1.29, 1.82) is 0 Å². The summed E-state index contributed by atoms with van der Waals surface area (Å²) in [4.78, 5) is 14.1. The first-order valence-corrected chi connectivity index (χ1v) is 7.63. The van der Waals surface area contributed by atoms with E-state index in [4.69, 9.17) is 4.74 Å². The molecule has 0 aromatic heterocycles. The second kappa shape index (κ2) is 8.67. The Morgan fingerprint density at radius 2 is 2.10 bits per heavy atom. The summed E-state index contributed by atoms with van der Waals surface area (Å²) >= 11 is 0. The molecule has 0 bridgehead atoms. The Kier molecular flexibility index (Phi) is 7.23. The van der Waals surface area contributed by atoms with Gasteiger partial charge in [0, 0.05) is 24.8 Å². The highest BCUT2D eigenvalue weighted by molar-refractivity contribution is 5.75. The van der Waals surface area contributed by atoms with E-state index in [9.17, 15) is 4.79 Å². The summed E-state index contributed by atoms with van der Waals surface area (Å²) in [6, 6.07) is 8.44. The molecule has 1 rings (SSSR count). The lowest BCUT2D eigenvalue weighted by molar-refractivity contribution is -0.143. The summed E-state index contributed by atoms with van der Waals surface area (Å²) in [6.45, 7) is 10.0. The third-order valence-corrected chi connectivity index (χ3v) is 3.46. The second-order valence-electron chi connectivity index (χ2n) is 5.60. The van der Waals surface area contributed by atoms with Crippen molar-refractivity contribution in [3.8, 4) is 0 Å². The van der Waals surface area contributed by atoms with Crippen LogP contribution in [0, 0.1) is 6.92 Å². The smallest absolute Gasteiger partial charge is 0.322 e. The molecule has 0 radical (unpaired) electrons. The molecule has 0 amide bonds. The first-order valence-electron chi connectivity index (χ1n) is 7.63. The molecule has 4 nitrogen and oxygen atoms in total. The van der Waals surface area contributed by atoms with Gasteiger partial charge in [-0.3, -0.25) is 4.79 Å². The minimum absolute atomic E-state index is 0.191. The molecule has 0 aliphatic carbocycles. The number of carbonyl (C=O) groups excluding carboxylic acids is 1. The summed E-state index contributed by atoms with van der Waals surface area (Å²) in [5.74, 6) is -0.191. The van der Waals surface area contributed by atoms with Gasteiger partial charge in [0.05, 0.1) is 7.11 Å². The maximum absolute atomic E-state index is 11.8. The molecule has 1 atom stereocenters. The highest BCUT2D eigenvalue weighted by Gasteiger charge is 2.20. The SMILES string of the molecule is CCN(CCC(NC(C)C)C(=O)OC)c1cccc(C)c1. The van der Waals surface area contributed by atoms with Gasteiger partial charge in [-0.1, -0.05) is 26.0 Å². The first kappa shape index (κ1) is 17.5. The fraction of sp³-hybridized carbons (Fsp3) is 0.588. The number of benzene rings is 1. The average Bonchev–Trinajstić information content (AvgIpc) is 2.45. The molecule has 4 heteroatoms. The van der Waals surface area contributed by atoms with E-state index in [-0.39, 0.29) is 18.1 Å². The maximum Gasteiger partial charge on any atom is 0.322 e. The predicted molar refractivity (Wildman–Crippen MR) is 87.8 cm³/mol. The van der Waals surface area contributed by atoms with Crippen molar-refractivity contribution in [3.63, 3.8) is 0 Å². The van der Waals surface area contributed by atoms with Gasteiger partial charge in [-0.2, -0.15) is 0 Å². The van der Waals surface area contributed by atoms with Gasteiger partial charge in [-0.25, -0.2) is 0 Å². The Hall–Kier alpha value is -1.55. The van der Waals surface area contributed by atoms with Crippen LogP contribution in [0.3, 0.4) is 0 Å². The van der Waals surface area contributed by atoms with Crippen molar-refractivity contribution in [3.05, 3.63) is 29.8 Å². The van der Waals surface area contributed by atoms with Crippen molar-refractivity contribution < 1.29 is 9.53 Å². The van der Waals surface area contributed by atoms with Crippen LogP contribution in [0.15, 0.2) is 24.3 Å². The monoisotopic (exact) mass is 292 g/mol. The molecule has 0 spiro atoms. The van der Waals surface area contributed by atoms with Crippen molar-refractivity contribution in [2.75, 3.05) is 25.1 Å². The number of anilines is 1. The van der Waals surface area contributed by atoms with Crippen LogP contribution < -0.4 is 10.2 Å². The first-order chi connectivity index (χ1) is 9.97. The van der Waals surface area contributed by atoms with Gasteiger partial charge in [-0.15, -0.1) is 0 Å². The number of rotatable bonds is 8. The number of hydrogen-bond donors (Lipinski definition) is 1. The van der Waals surface area contributed by atoms with Gasteiger partial charge >= 0.3 is 5.97 Å². The van der Waals surface area contributed by atoms with Gasteiger partial charge in [0.2, 0.25) is 0 Å². The topological polar surface area (TPSA) is 41.6 Å². The summed E-state index contributed by atoms with van der Waals surface area (Å²) in [7, 11) is 1.44. The summed E-state index contributed by atoms with van der Waals surface area (Å²) in [5, 5.41) is 3.27. The third kappa shape index (κ3) is 5.76. The Labute approximate surface area is 128 Å². The molecule has 1 N–H and O–H groups in total. The van der Waals surface area contributed by atoms with Crippen molar-refractivity contribution >= 4 is 11.7 Å². The van der Waals surface area contributed by atoms with Gasteiger partial charge in [0.1, 0.15) is 6.04 Å². The normalized spacial score (nSPS) is 12.3. The fourth-order valence-corrected chi connectivity index (χ4v) is 2.39. The Balaban J connectivity index is 2.69. The summed E-state index contributed by atoms with van der Waals surface area (Å²) in [6.07, 6.45) is 0.729. The maximum atomic E-state index is 11.8. The second-order valence-corrected chi connectivity index (χ2v) is 5.60. The molecule has 0 aliphatic heterocycles. The molecule has 118 valence electrons. The third-order valence-electron chi connectivity index (χ3n) is 3.46. The van der Waals surface area contributed by atoms with E-state index in [1.54, 1.807) is 0 Å². The molecule has 0 heterocycles. The van der Waals surface area contributed by atoms with E-state index in [0.717, 1.165) is 19.5 Å². The summed E-state index contributed by atoms with van der Waals surface area (Å²) < 4.78 is 4.88. The van der Waals surface area contributed by atoms with Gasteiger partial charge < -0.3 is 15.0 Å². The van der Waals surface area contributed by atoms with Gasteiger partial charge in [-0.05, 0) is 38.0 Å². The lowest BCUT2D eigenvalue weighted by Gasteiger charge is -2.26. The lowest BCUT2D eigenvalue weighted by atomic mass is 10.1. The molecular formula is C17H28N2O2. The number of hydrogen-bond acceptors (Lipinski definition) is 4. The van der Waals surface area contributed by atoms with Crippen LogP contribution in [0.1, 0.15) is 32.8 Å². The standard InChI is InChI=1S/C17H28N2O2/c1-6-19(15-9-7-8-14(4)12-15)11-10-16(17(20)21-5)18-13(2)3/h7-9,12-13,16,18H,6,10-11H2,1-5H3. The van der Waals surface area contributed by atoms with E-state index in [1.165, 1.54) is 18.4 Å². The number of methoxy groups -OCH3 is 1. The van der Waals surface area contributed by atoms with E-state index < -0.39 is 0 Å². The molecule has 0 fully saturated rings. The van der Waals surface area contributed by atoms with Crippen molar-refractivity contribution in [2.45, 2.75) is 46.2 Å². The average molecular weight is 292 g/mol. The van der Waals surface area contributed by atoms with Crippen LogP contribution in [0.25, 0.3) is 0 Å². The van der Waals surface area contributed by atoms with Crippen molar-refractivity contribution in [2.24, 2.45) is 0 Å². The lowest BCUT2D eigenvalue weighted by Crippen LogP contribution is -2.43. The van der Waals surface area contributed by atoms with Crippen LogP contribution in [0.5, 0.6) is 0 Å². The van der Waals surface area contributed by atoms with Crippen LogP contribution in [0.4, 0.5) is 5.69 Å². The van der Waals surface area contributed by atoms with Crippen LogP contribution in [0.2, 0.25) is 0 Å². The Bertz CT molecular complexity index is 446. The van der Waals surface area contributed by atoms with Crippen molar-refractivity contribution in [1.82, 2.24) is 5.32 Å². The Morgan fingerprint density at radius 1 is 1.38 bits per heavy atom. The largest absolute Gasteiger partial charge is 0.468 e. The number of ether oxygens (including phenoxy) is 1. The predicted octanol–water partition coefficient (Wildman–Crippen LogP) is 2.75. The van der Waals surface area contributed by atoms with E-state index in [2.05, 4.69) is 48.3 Å². The number of carbonyl (C=O) groups is 1. The van der Waals surface area contributed by atoms with E-state index >= 15 is 0 Å². The zero-order valence-corrected chi connectivity index (χ0v) is 13.8. The van der Waals surface area contributed by atoms with Crippen LogP contribution in [-0.4, -0.2) is 38.3 Å². The quantitative estimate of drug-likeness (QED) is 0.748. The van der Waals surface area contributed by atoms with Crippen LogP contribution >= 0.6 is 0 Å². The van der Waals surface area contributed by atoms with E-state index in [1.807, 2.05) is 13.8 Å².